The van der Waals surface area contributed by atoms with Crippen LogP contribution in [0.25, 0.3) is 11.2 Å². The lowest BCUT2D eigenvalue weighted by Crippen LogP contribution is -2.35. The van der Waals surface area contributed by atoms with Crippen LogP contribution in [0.4, 0.5) is 5.82 Å². The maximum Gasteiger partial charge on any atom is 0.376 e. The summed E-state index contributed by atoms with van der Waals surface area (Å²) >= 11 is 0. The molecule has 4 rings (SSSR count). The van der Waals surface area contributed by atoms with E-state index < -0.39 is 36.3 Å². The standard InChI is InChI=1S/C21H26N6O5/c1-32-21(31)19-25-18(24-12(9-28)7-11-5-3-2-4-6-11)15-20(26-19)27(10-23-15)14-8-13(22)16(29)17(14)30/h2-6,10,12-14,16-17,28-30H,7-9,22H2,1H3,(H,24,25,26)/t12-,13-,14+,16+,17-/m0/s1. The van der Waals surface area contributed by atoms with Gasteiger partial charge in [0.25, 0.3) is 0 Å². The Morgan fingerprint density at radius 3 is 2.66 bits per heavy atom. The number of hydrogen-bond acceptors (Lipinski definition) is 10. The van der Waals surface area contributed by atoms with Gasteiger partial charge in [0.05, 0.1) is 38.2 Å². The van der Waals surface area contributed by atoms with Crippen LogP contribution in [0.2, 0.25) is 0 Å². The van der Waals surface area contributed by atoms with Gasteiger partial charge in [-0.2, -0.15) is 0 Å². The number of carbonyl (C=O) groups excluding carboxylic acids is 1. The molecule has 1 aromatic carbocycles. The summed E-state index contributed by atoms with van der Waals surface area (Å²) in [6, 6.07) is 8.06. The van der Waals surface area contributed by atoms with Crippen molar-refractivity contribution in [3.8, 4) is 0 Å². The Morgan fingerprint density at radius 2 is 2.03 bits per heavy atom. The predicted molar refractivity (Wildman–Crippen MR) is 115 cm³/mol. The van der Waals surface area contributed by atoms with E-state index in [9.17, 15) is 20.1 Å². The number of anilines is 1. The van der Waals surface area contributed by atoms with Crippen LogP contribution in [-0.4, -0.2) is 78.8 Å². The number of benzene rings is 1. The lowest BCUT2D eigenvalue weighted by Gasteiger charge is -2.19. The third kappa shape index (κ3) is 4.15. The third-order valence-corrected chi connectivity index (χ3v) is 5.73. The zero-order valence-electron chi connectivity index (χ0n) is 17.5. The molecule has 11 heteroatoms. The van der Waals surface area contributed by atoms with E-state index >= 15 is 0 Å². The van der Waals surface area contributed by atoms with Crippen molar-refractivity contribution < 1.29 is 24.9 Å². The summed E-state index contributed by atoms with van der Waals surface area (Å²) in [5.41, 5.74) is 7.55. The molecule has 32 heavy (non-hydrogen) atoms. The first-order valence-corrected chi connectivity index (χ1v) is 10.3. The maximum absolute atomic E-state index is 12.2. The van der Waals surface area contributed by atoms with Crippen molar-refractivity contribution in [2.75, 3.05) is 19.0 Å². The number of rotatable bonds is 7. The number of ether oxygens (including phenoxy) is 1. The molecular weight excluding hydrogens is 416 g/mol. The molecule has 1 saturated carbocycles. The lowest BCUT2D eigenvalue weighted by atomic mass is 10.1. The number of carbonyl (C=O) groups is 1. The van der Waals surface area contributed by atoms with Gasteiger partial charge in [-0.25, -0.2) is 19.7 Å². The minimum absolute atomic E-state index is 0.183. The van der Waals surface area contributed by atoms with Gasteiger partial charge < -0.3 is 35.7 Å². The Balaban J connectivity index is 1.73. The zero-order chi connectivity index (χ0) is 22.8. The SMILES string of the molecule is COC(=O)c1nc(N[C@H](CO)Cc2ccccc2)c2ncn([C@@H]3C[C@H](N)[C@@H](O)[C@H]3O)c2n1. The fourth-order valence-corrected chi connectivity index (χ4v) is 4.01. The molecule has 5 atom stereocenters. The molecule has 0 amide bonds. The Hall–Kier alpha value is -3.12. The Bertz CT molecular complexity index is 1090. The summed E-state index contributed by atoms with van der Waals surface area (Å²) in [5, 5.41) is 33.6. The second-order valence-corrected chi connectivity index (χ2v) is 7.87. The van der Waals surface area contributed by atoms with E-state index in [4.69, 9.17) is 10.5 Å². The van der Waals surface area contributed by atoms with Gasteiger partial charge in [0.2, 0.25) is 5.82 Å². The molecule has 0 bridgehead atoms. The minimum Gasteiger partial charge on any atom is -0.463 e. The van der Waals surface area contributed by atoms with Crippen LogP contribution in [0, 0.1) is 0 Å². The maximum atomic E-state index is 12.2. The molecule has 6 N–H and O–H groups in total. The number of hydrogen-bond donors (Lipinski definition) is 5. The van der Waals surface area contributed by atoms with Crippen molar-refractivity contribution in [3.63, 3.8) is 0 Å². The number of aliphatic hydroxyl groups excluding tert-OH is 3. The van der Waals surface area contributed by atoms with E-state index in [1.165, 1.54) is 13.4 Å². The van der Waals surface area contributed by atoms with E-state index in [2.05, 4.69) is 20.3 Å². The van der Waals surface area contributed by atoms with Crippen LogP contribution in [0.3, 0.4) is 0 Å². The normalized spacial score (nSPS) is 23.9. The van der Waals surface area contributed by atoms with E-state index in [-0.39, 0.29) is 23.9 Å². The molecule has 1 aliphatic carbocycles. The van der Waals surface area contributed by atoms with Crippen LogP contribution in [-0.2, 0) is 11.2 Å². The number of nitrogens with zero attached hydrogens (tertiary/aromatic N) is 4. The van der Waals surface area contributed by atoms with Crippen LogP contribution in [0.1, 0.15) is 28.6 Å². The first-order chi connectivity index (χ1) is 15.4. The molecule has 0 unspecified atom stereocenters. The Morgan fingerprint density at radius 1 is 1.28 bits per heavy atom. The van der Waals surface area contributed by atoms with Gasteiger partial charge in [-0.05, 0) is 18.4 Å². The molecule has 1 fully saturated rings. The molecule has 11 nitrogen and oxygen atoms in total. The number of fused-ring (bicyclic) bond motifs is 1. The smallest absolute Gasteiger partial charge is 0.376 e. The average Bonchev–Trinajstić information content (AvgIpc) is 3.34. The summed E-state index contributed by atoms with van der Waals surface area (Å²) in [6.45, 7) is -0.183. The summed E-state index contributed by atoms with van der Waals surface area (Å²) in [4.78, 5) is 25.2. The highest BCUT2D eigenvalue weighted by Crippen LogP contribution is 2.33. The van der Waals surface area contributed by atoms with Gasteiger partial charge in [0.15, 0.2) is 11.5 Å². The molecule has 0 radical (unpaired) electrons. The molecule has 2 aromatic heterocycles. The third-order valence-electron chi connectivity index (χ3n) is 5.73. The van der Waals surface area contributed by atoms with Crippen LogP contribution < -0.4 is 11.1 Å². The van der Waals surface area contributed by atoms with Crippen molar-refractivity contribution in [3.05, 3.63) is 48.0 Å². The van der Waals surface area contributed by atoms with E-state index in [0.29, 0.717) is 18.4 Å². The molecule has 170 valence electrons. The minimum atomic E-state index is -1.11. The van der Waals surface area contributed by atoms with E-state index in [0.717, 1.165) is 5.56 Å². The number of esters is 1. The number of methoxy groups -OCH3 is 1. The van der Waals surface area contributed by atoms with Gasteiger partial charge in [0.1, 0.15) is 11.6 Å². The van der Waals surface area contributed by atoms with Gasteiger partial charge in [0, 0.05) is 6.04 Å². The van der Waals surface area contributed by atoms with Crippen LogP contribution >= 0.6 is 0 Å². The number of nitrogens with two attached hydrogens (primary N) is 1. The molecule has 3 aromatic rings. The quantitative estimate of drug-likeness (QED) is 0.304. The fourth-order valence-electron chi connectivity index (χ4n) is 4.01. The van der Waals surface area contributed by atoms with Gasteiger partial charge in [-0.1, -0.05) is 30.3 Å². The molecule has 0 aliphatic heterocycles. The van der Waals surface area contributed by atoms with Crippen LogP contribution in [0.15, 0.2) is 36.7 Å². The van der Waals surface area contributed by atoms with E-state index in [1.54, 1.807) is 4.57 Å². The highest BCUT2D eigenvalue weighted by Gasteiger charge is 2.41. The fraction of sp³-hybridized carbons (Fsp3) is 0.429. The highest BCUT2D eigenvalue weighted by atomic mass is 16.5. The summed E-state index contributed by atoms with van der Waals surface area (Å²) in [5.74, 6) is -0.686. The molecule has 0 spiro atoms. The van der Waals surface area contributed by atoms with Crippen molar-refractivity contribution in [2.24, 2.45) is 5.73 Å². The Kier molecular flexibility index (Phi) is 6.33. The van der Waals surface area contributed by atoms with Gasteiger partial charge in [-0.3, -0.25) is 0 Å². The van der Waals surface area contributed by atoms with Gasteiger partial charge >= 0.3 is 5.97 Å². The average molecular weight is 442 g/mol. The highest BCUT2D eigenvalue weighted by molar-refractivity contribution is 5.91. The van der Waals surface area contributed by atoms with Crippen molar-refractivity contribution in [1.82, 2.24) is 19.5 Å². The second-order valence-electron chi connectivity index (χ2n) is 7.87. The van der Waals surface area contributed by atoms with Gasteiger partial charge in [-0.15, -0.1) is 0 Å². The number of imidazole rings is 1. The lowest BCUT2D eigenvalue weighted by molar-refractivity contribution is 0.0187. The largest absolute Gasteiger partial charge is 0.463 e. The van der Waals surface area contributed by atoms with Crippen molar-refractivity contribution >= 4 is 23.0 Å². The second kappa shape index (κ2) is 9.17. The predicted octanol–water partition coefficient (Wildman–Crippen LogP) is -0.378. The first kappa shape index (κ1) is 22.1. The number of aromatic nitrogens is 4. The van der Waals surface area contributed by atoms with Crippen molar-refractivity contribution in [2.45, 2.75) is 43.2 Å². The summed E-state index contributed by atoms with van der Waals surface area (Å²) in [6.07, 6.45) is 0.0937. The zero-order valence-corrected chi connectivity index (χ0v) is 17.5. The molecule has 1 aliphatic rings. The number of nitrogens with one attached hydrogen (secondary N) is 1. The van der Waals surface area contributed by atoms with Crippen molar-refractivity contribution in [1.29, 1.82) is 0 Å². The molecule has 0 saturated heterocycles. The van der Waals surface area contributed by atoms with E-state index in [1.807, 2.05) is 30.3 Å². The number of aliphatic hydroxyl groups is 3. The van der Waals surface area contributed by atoms with Crippen LogP contribution in [0.5, 0.6) is 0 Å². The molecule has 2 heterocycles. The first-order valence-electron chi connectivity index (χ1n) is 10.3. The summed E-state index contributed by atoms with van der Waals surface area (Å²) < 4.78 is 6.37. The summed E-state index contributed by atoms with van der Waals surface area (Å²) in [7, 11) is 1.22. The molecular formula is C21H26N6O5. The monoisotopic (exact) mass is 442 g/mol. The Labute approximate surface area is 183 Å². The topological polar surface area (TPSA) is 169 Å².